The molecule has 2 fully saturated rings. The first-order valence-electron chi connectivity index (χ1n) is 8.64. The number of rotatable bonds is 5. The van der Waals surface area contributed by atoms with Crippen LogP contribution in [-0.4, -0.2) is 30.6 Å². The van der Waals surface area contributed by atoms with Crippen molar-refractivity contribution < 1.29 is 0 Å². The summed E-state index contributed by atoms with van der Waals surface area (Å²) in [6, 6.07) is 5.42. The highest BCUT2D eigenvalue weighted by Gasteiger charge is 2.24. The molecule has 1 aromatic carbocycles. The van der Waals surface area contributed by atoms with E-state index in [-0.39, 0.29) is 0 Å². The first-order valence-corrected chi connectivity index (χ1v) is 8.64. The second kappa shape index (κ2) is 6.50. The third kappa shape index (κ3) is 4.08. The van der Waals surface area contributed by atoms with E-state index >= 15 is 0 Å². The van der Waals surface area contributed by atoms with Gasteiger partial charge < -0.3 is 5.32 Å². The van der Waals surface area contributed by atoms with E-state index in [2.05, 4.69) is 43.1 Å². The summed E-state index contributed by atoms with van der Waals surface area (Å²) in [7, 11) is 0. The maximum Gasteiger partial charge on any atom is 0.0239 e. The third-order valence-electron chi connectivity index (χ3n) is 5.20. The van der Waals surface area contributed by atoms with Crippen molar-refractivity contribution in [3.8, 4) is 0 Å². The Morgan fingerprint density at radius 1 is 1.00 bits per heavy atom. The van der Waals surface area contributed by atoms with Crippen molar-refractivity contribution in [3.63, 3.8) is 0 Å². The minimum Gasteiger partial charge on any atom is -0.314 e. The van der Waals surface area contributed by atoms with Gasteiger partial charge in [-0.2, -0.15) is 0 Å². The van der Waals surface area contributed by atoms with Crippen LogP contribution in [0.2, 0.25) is 0 Å². The highest BCUT2D eigenvalue weighted by atomic mass is 15.1. The minimum absolute atomic E-state index is 0.766. The lowest BCUT2D eigenvalue weighted by molar-refractivity contribution is 0.189. The largest absolute Gasteiger partial charge is 0.314 e. The monoisotopic (exact) mass is 286 g/mol. The predicted molar refractivity (Wildman–Crippen MR) is 89.7 cm³/mol. The van der Waals surface area contributed by atoms with E-state index in [1.54, 1.807) is 5.56 Å². The average molecular weight is 286 g/mol. The predicted octanol–water partition coefficient (Wildman–Crippen LogP) is 3.58. The summed E-state index contributed by atoms with van der Waals surface area (Å²) >= 11 is 0. The zero-order valence-corrected chi connectivity index (χ0v) is 13.9. The summed E-state index contributed by atoms with van der Waals surface area (Å²) in [5.74, 6) is 1.00. The lowest BCUT2D eigenvalue weighted by Crippen LogP contribution is -2.42. The Bertz CT molecular complexity index is 459. The molecular weight excluding hydrogens is 256 g/mol. The Morgan fingerprint density at radius 2 is 1.62 bits per heavy atom. The number of likely N-dealkylation sites (tertiary alicyclic amines) is 1. The molecule has 0 atom stereocenters. The van der Waals surface area contributed by atoms with Crippen LogP contribution in [0.5, 0.6) is 0 Å². The van der Waals surface area contributed by atoms with Crippen LogP contribution in [0.25, 0.3) is 0 Å². The van der Waals surface area contributed by atoms with Crippen LogP contribution < -0.4 is 5.32 Å². The number of hydrogen-bond acceptors (Lipinski definition) is 2. The lowest BCUT2D eigenvalue weighted by atomic mass is 9.98. The quantitative estimate of drug-likeness (QED) is 0.890. The van der Waals surface area contributed by atoms with Crippen LogP contribution in [0.3, 0.4) is 0 Å². The van der Waals surface area contributed by atoms with E-state index in [1.807, 2.05) is 0 Å². The molecule has 1 saturated carbocycles. The van der Waals surface area contributed by atoms with Crippen molar-refractivity contribution in [3.05, 3.63) is 34.4 Å². The van der Waals surface area contributed by atoms with Gasteiger partial charge in [-0.05, 0) is 88.7 Å². The minimum atomic E-state index is 0.766. The number of aryl methyl sites for hydroxylation is 3. The smallest absolute Gasteiger partial charge is 0.0239 e. The summed E-state index contributed by atoms with van der Waals surface area (Å²) in [4.78, 5) is 2.64. The summed E-state index contributed by atoms with van der Waals surface area (Å²) in [6.45, 7) is 11.6. The topological polar surface area (TPSA) is 15.3 Å². The van der Waals surface area contributed by atoms with Crippen molar-refractivity contribution in [2.45, 2.75) is 59.0 Å². The first-order chi connectivity index (χ1) is 10.1. The van der Waals surface area contributed by atoms with Crippen LogP contribution in [0, 0.1) is 26.7 Å². The molecule has 0 radical (unpaired) electrons. The third-order valence-corrected chi connectivity index (χ3v) is 5.20. The maximum atomic E-state index is 3.77. The van der Waals surface area contributed by atoms with Gasteiger partial charge in [0, 0.05) is 12.6 Å². The van der Waals surface area contributed by atoms with Crippen LogP contribution in [0.4, 0.5) is 0 Å². The molecule has 0 unspecified atom stereocenters. The molecule has 21 heavy (non-hydrogen) atoms. The molecule has 116 valence electrons. The van der Waals surface area contributed by atoms with Gasteiger partial charge in [-0.25, -0.2) is 0 Å². The van der Waals surface area contributed by atoms with Crippen LogP contribution in [0.15, 0.2) is 12.1 Å². The number of nitrogens with one attached hydrogen (secondary N) is 1. The fourth-order valence-electron chi connectivity index (χ4n) is 3.63. The standard InChI is InChI=1S/C19H30N2/c1-14-10-15(2)19(16(3)11-14)13-21-8-6-18(7-9-21)20-12-17-4-5-17/h10-11,17-18,20H,4-9,12-13H2,1-3H3. The van der Waals surface area contributed by atoms with Crippen molar-refractivity contribution in [1.29, 1.82) is 0 Å². The second-order valence-electron chi connectivity index (χ2n) is 7.28. The normalized spacial score (nSPS) is 20.9. The molecule has 2 nitrogen and oxygen atoms in total. The Hall–Kier alpha value is -0.860. The molecule has 1 aliphatic heterocycles. The number of piperidine rings is 1. The zero-order chi connectivity index (χ0) is 14.8. The molecule has 0 bridgehead atoms. The zero-order valence-electron chi connectivity index (χ0n) is 13.9. The molecule has 3 rings (SSSR count). The van der Waals surface area contributed by atoms with E-state index < -0.39 is 0 Å². The van der Waals surface area contributed by atoms with Crippen molar-refractivity contribution >= 4 is 0 Å². The Labute approximate surface area is 129 Å². The molecule has 1 saturated heterocycles. The van der Waals surface area contributed by atoms with Gasteiger partial charge in [0.15, 0.2) is 0 Å². The van der Waals surface area contributed by atoms with Gasteiger partial charge in [0.05, 0.1) is 0 Å². The molecule has 0 spiro atoms. The van der Waals surface area contributed by atoms with Gasteiger partial charge in [0.25, 0.3) is 0 Å². The first kappa shape index (κ1) is 15.1. The summed E-state index contributed by atoms with van der Waals surface area (Å²) in [5.41, 5.74) is 5.85. The maximum absolute atomic E-state index is 3.77. The SMILES string of the molecule is Cc1cc(C)c(CN2CCC(NCC3CC3)CC2)c(C)c1. The average Bonchev–Trinajstić information content (AvgIpc) is 3.26. The van der Waals surface area contributed by atoms with Crippen molar-refractivity contribution in [2.75, 3.05) is 19.6 Å². The molecule has 0 aromatic heterocycles. The van der Waals surface area contributed by atoms with Gasteiger partial charge in [-0.15, -0.1) is 0 Å². The molecule has 1 aliphatic carbocycles. The van der Waals surface area contributed by atoms with Gasteiger partial charge in [0.2, 0.25) is 0 Å². The van der Waals surface area contributed by atoms with Gasteiger partial charge in [-0.1, -0.05) is 17.7 Å². The van der Waals surface area contributed by atoms with E-state index in [4.69, 9.17) is 0 Å². The van der Waals surface area contributed by atoms with Crippen LogP contribution in [0.1, 0.15) is 47.9 Å². The fraction of sp³-hybridized carbons (Fsp3) is 0.684. The Kier molecular flexibility index (Phi) is 4.66. The number of hydrogen-bond donors (Lipinski definition) is 1. The molecule has 2 aliphatic rings. The number of nitrogens with zero attached hydrogens (tertiary/aromatic N) is 1. The molecule has 1 aromatic rings. The van der Waals surface area contributed by atoms with Gasteiger partial charge >= 0.3 is 0 Å². The van der Waals surface area contributed by atoms with E-state index in [1.165, 1.54) is 62.0 Å². The molecule has 0 amide bonds. The summed E-state index contributed by atoms with van der Waals surface area (Å²) in [6.07, 6.45) is 5.54. The second-order valence-corrected chi connectivity index (χ2v) is 7.28. The molecular formula is C19H30N2. The highest BCUT2D eigenvalue weighted by Crippen LogP contribution is 2.28. The highest BCUT2D eigenvalue weighted by molar-refractivity contribution is 5.37. The Morgan fingerprint density at radius 3 is 2.19 bits per heavy atom. The van der Waals surface area contributed by atoms with Crippen LogP contribution in [-0.2, 0) is 6.54 Å². The van der Waals surface area contributed by atoms with Gasteiger partial charge in [-0.3, -0.25) is 4.90 Å². The van der Waals surface area contributed by atoms with E-state index in [9.17, 15) is 0 Å². The van der Waals surface area contributed by atoms with E-state index in [0.29, 0.717) is 0 Å². The molecule has 2 heteroatoms. The van der Waals surface area contributed by atoms with Crippen LogP contribution >= 0.6 is 0 Å². The molecule has 1 heterocycles. The molecule has 1 N–H and O–H groups in total. The van der Waals surface area contributed by atoms with Crippen molar-refractivity contribution in [2.24, 2.45) is 5.92 Å². The van der Waals surface area contributed by atoms with Gasteiger partial charge in [0.1, 0.15) is 0 Å². The fourth-order valence-corrected chi connectivity index (χ4v) is 3.63. The number of benzene rings is 1. The summed E-state index contributed by atoms with van der Waals surface area (Å²) < 4.78 is 0. The van der Waals surface area contributed by atoms with Crippen molar-refractivity contribution in [1.82, 2.24) is 10.2 Å². The summed E-state index contributed by atoms with van der Waals surface area (Å²) in [5, 5.41) is 3.77. The Balaban J connectivity index is 1.50. The van der Waals surface area contributed by atoms with E-state index in [0.717, 1.165) is 18.5 Å². The lowest BCUT2D eigenvalue weighted by Gasteiger charge is -2.33.